The van der Waals surface area contributed by atoms with E-state index in [2.05, 4.69) is 46.9 Å². The third kappa shape index (κ3) is 4.26. The molecule has 0 radical (unpaired) electrons. The molecule has 0 aromatic rings. The zero-order valence-corrected chi connectivity index (χ0v) is 12.6. The highest BCUT2D eigenvalue weighted by Gasteiger charge is 2.42. The van der Waals surface area contributed by atoms with E-state index in [0.29, 0.717) is 11.5 Å². The molecule has 0 aliphatic carbocycles. The van der Waals surface area contributed by atoms with E-state index in [0.717, 1.165) is 19.1 Å². The first kappa shape index (κ1) is 15.0. The number of hydrogen-bond acceptors (Lipinski definition) is 2. The van der Waals surface area contributed by atoms with Crippen molar-refractivity contribution in [2.24, 2.45) is 11.3 Å². The Morgan fingerprint density at radius 3 is 2.47 bits per heavy atom. The van der Waals surface area contributed by atoms with Gasteiger partial charge in [0.05, 0.1) is 6.10 Å². The highest BCUT2D eigenvalue weighted by molar-refractivity contribution is 4.93. The summed E-state index contributed by atoms with van der Waals surface area (Å²) < 4.78 is 5.84. The molecule has 0 amide bonds. The molecule has 3 atom stereocenters. The molecule has 1 aliphatic rings. The first-order valence-corrected chi connectivity index (χ1v) is 7.16. The Morgan fingerprint density at radius 2 is 2.06 bits per heavy atom. The minimum absolute atomic E-state index is 0.199. The van der Waals surface area contributed by atoms with Crippen molar-refractivity contribution < 1.29 is 4.74 Å². The second-order valence-electron chi connectivity index (χ2n) is 6.95. The van der Waals surface area contributed by atoms with E-state index >= 15 is 0 Å². The van der Waals surface area contributed by atoms with Crippen molar-refractivity contribution in [3.63, 3.8) is 0 Å². The molecule has 17 heavy (non-hydrogen) atoms. The molecule has 1 saturated heterocycles. The second-order valence-corrected chi connectivity index (χ2v) is 6.95. The summed E-state index contributed by atoms with van der Waals surface area (Å²) >= 11 is 0. The van der Waals surface area contributed by atoms with Gasteiger partial charge in [-0.1, -0.05) is 20.3 Å². The largest absolute Gasteiger partial charge is 0.378 e. The molecule has 3 unspecified atom stereocenters. The van der Waals surface area contributed by atoms with E-state index in [4.69, 9.17) is 4.74 Å². The molecule has 2 heteroatoms. The number of hydrogen-bond donors (Lipinski definition) is 1. The van der Waals surface area contributed by atoms with Gasteiger partial charge in [0.1, 0.15) is 0 Å². The number of ether oxygens (including phenoxy) is 1. The van der Waals surface area contributed by atoms with E-state index in [1.54, 1.807) is 0 Å². The fourth-order valence-electron chi connectivity index (χ4n) is 2.67. The third-order valence-electron chi connectivity index (χ3n) is 4.25. The van der Waals surface area contributed by atoms with Crippen LogP contribution >= 0.6 is 0 Å². The van der Waals surface area contributed by atoms with Gasteiger partial charge < -0.3 is 10.1 Å². The van der Waals surface area contributed by atoms with Gasteiger partial charge in [-0.25, -0.2) is 0 Å². The van der Waals surface area contributed by atoms with Gasteiger partial charge in [-0.2, -0.15) is 0 Å². The van der Waals surface area contributed by atoms with Crippen molar-refractivity contribution in [2.75, 3.05) is 13.2 Å². The van der Waals surface area contributed by atoms with Crippen molar-refractivity contribution in [1.82, 2.24) is 5.32 Å². The van der Waals surface area contributed by atoms with Crippen molar-refractivity contribution in [2.45, 2.75) is 72.4 Å². The Hall–Kier alpha value is -0.0800. The third-order valence-corrected chi connectivity index (χ3v) is 4.25. The molecule has 0 aromatic carbocycles. The Balaban J connectivity index is 2.66. The highest BCUT2D eigenvalue weighted by Crippen LogP contribution is 2.41. The second kappa shape index (κ2) is 5.71. The quantitative estimate of drug-likeness (QED) is 0.794. The molecule has 1 N–H and O–H groups in total. The lowest BCUT2D eigenvalue weighted by Crippen LogP contribution is -2.47. The minimum Gasteiger partial charge on any atom is -0.378 e. The Morgan fingerprint density at radius 1 is 1.41 bits per heavy atom. The average molecular weight is 241 g/mol. The molecule has 0 saturated carbocycles. The van der Waals surface area contributed by atoms with Crippen LogP contribution in [-0.2, 0) is 4.74 Å². The van der Waals surface area contributed by atoms with E-state index in [9.17, 15) is 0 Å². The summed E-state index contributed by atoms with van der Waals surface area (Å²) in [6.07, 6.45) is 4.16. The first-order valence-electron chi connectivity index (χ1n) is 7.16. The summed E-state index contributed by atoms with van der Waals surface area (Å²) in [6, 6.07) is 0. The highest BCUT2D eigenvalue weighted by atomic mass is 16.5. The maximum atomic E-state index is 5.84. The van der Waals surface area contributed by atoms with Gasteiger partial charge in [-0.05, 0) is 46.5 Å². The van der Waals surface area contributed by atoms with Gasteiger partial charge in [0.25, 0.3) is 0 Å². The SMILES string of the molecule is CCC(C)CC1(CNC(C)(C)C)CCOC1C. The fourth-order valence-corrected chi connectivity index (χ4v) is 2.67. The summed E-state index contributed by atoms with van der Waals surface area (Å²) in [7, 11) is 0. The summed E-state index contributed by atoms with van der Waals surface area (Å²) in [5.74, 6) is 0.793. The zero-order chi connectivity index (χ0) is 13.1. The van der Waals surface area contributed by atoms with Gasteiger partial charge >= 0.3 is 0 Å². The van der Waals surface area contributed by atoms with E-state index < -0.39 is 0 Å². The van der Waals surface area contributed by atoms with E-state index in [-0.39, 0.29) is 5.54 Å². The maximum absolute atomic E-state index is 5.84. The Labute approximate surface area is 108 Å². The average Bonchev–Trinajstić information content (AvgIpc) is 2.57. The minimum atomic E-state index is 0.199. The van der Waals surface area contributed by atoms with Crippen LogP contribution in [0.2, 0.25) is 0 Å². The van der Waals surface area contributed by atoms with Crippen LogP contribution in [0.15, 0.2) is 0 Å². The first-order chi connectivity index (χ1) is 7.79. The number of nitrogens with one attached hydrogen (secondary N) is 1. The van der Waals surface area contributed by atoms with Crippen LogP contribution in [-0.4, -0.2) is 24.8 Å². The molecule has 0 spiro atoms. The zero-order valence-electron chi connectivity index (χ0n) is 12.6. The van der Waals surface area contributed by atoms with Crippen molar-refractivity contribution in [3.8, 4) is 0 Å². The van der Waals surface area contributed by atoms with Crippen molar-refractivity contribution in [3.05, 3.63) is 0 Å². The number of rotatable bonds is 5. The molecule has 1 fully saturated rings. The van der Waals surface area contributed by atoms with Crippen LogP contribution in [0.4, 0.5) is 0 Å². The van der Waals surface area contributed by atoms with Crippen molar-refractivity contribution in [1.29, 1.82) is 0 Å². The molecule has 0 aromatic heterocycles. The monoisotopic (exact) mass is 241 g/mol. The van der Waals surface area contributed by atoms with Crippen LogP contribution in [0.1, 0.15) is 60.8 Å². The Kier molecular flexibility index (Phi) is 5.03. The van der Waals surface area contributed by atoms with Crippen LogP contribution in [0.3, 0.4) is 0 Å². The molecule has 0 bridgehead atoms. The van der Waals surface area contributed by atoms with Gasteiger partial charge in [0.15, 0.2) is 0 Å². The van der Waals surface area contributed by atoms with Gasteiger partial charge in [0, 0.05) is 24.1 Å². The van der Waals surface area contributed by atoms with Gasteiger partial charge in [-0.15, -0.1) is 0 Å². The summed E-state index contributed by atoms with van der Waals surface area (Å²) in [5.41, 5.74) is 0.549. The molecular weight excluding hydrogens is 210 g/mol. The van der Waals surface area contributed by atoms with Crippen LogP contribution in [0.25, 0.3) is 0 Å². The molecule has 1 aliphatic heterocycles. The van der Waals surface area contributed by atoms with Crippen LogP contribution < -0.4 is 5.32 Å². The molecule has 1 heterocycles. The predicted molar refractivity (Wildman–Crippen MR) is 74.3 cm³/mol. The molecule has 1 rings (SSSR count). The lowest BCUT2D eigenvalue weighted by Gasteiger charge is -2.37. The van der Waals surface area contributed by atoms with Crippen molar-refractivity contribution >= 4 is 0 Å². The summed E-state index contributed by atoms with van der Waals surface area (Å²) in [6.45, 7) is 15.6. The molecule has 2 nitrogen and oxygen atoms in total. The smallest absolute Gasteiger partial charge is 0.0616 e. The molecule has 102 valence electrons. The Bertz CT molecular complexity index is 234. The van der Waals surface area contributed by atoms with Crippen LogP contribution in [0.5, 0.6) is 0 Å². The summed E-state index contributed by atoms with van der Waals surface area (Å²) in [5, 5.41) is 3.68. The van der Waals surface area contributed by atoms with Gasteiger partial charge in [0.2, 0.25) is 0 Å². The topological polar surface area (TPSA) is 21.3 Å². The van der Waals surface area contributed by atoms with E-state index in [1.165, 1.54) is 19.3 Å². The molecular formula is C15H31NO. The fraction of sp³-hybridized carbons (Fsp3) is 1.00. The van der Waals surface area contributed by atoms with E-state index in [1.807, 2.05) is 0 Å². The lowest BCUT2D eigenvalue weighted by atomic mass is 9.73. The van der Waals surface area contributed by atoms with Gasteiger partial charge in [-0.3, -0.25) is 0 Å². The van der Waals surface area contributed by atoms with Crippen LogP contribution in [0, 0.1) is 11.3 Å². The standard InChI is InChI=1S/C15H31NO/c1-7-12(2)10-15(8-9-17-13(15)3)11-16-14(4,5)6/h12-13,16H,7-11H2,1-6H3. The predicted octanol–water partition coefficient (Wildman–Crippen LogP) is 3.61. The lowest BCUT2D eigenvalue weighted by molar-refractivity contribution is 0.0466. The maximum Gasteiger partial charge on any atom is 0.0616 e. The summed E-state index contributed by atoms with van der Waals surface area (Å²) in [4.78, 5) is 0. The normalized spacial score (nSPS) is 31.8.